The number of carbonyl (C=O) groups excluding carboxylic acids is 1. The van der Waals surface area contributed by atoms with Gasteiger partial charge in [-0.3, -0.25) is 4.79 Å². The van der Waals surface area contributed by atoms with Gasteiger partial charge in [0.15, 0.2) is 0 Å². The van der Waals surface area contributed by atoms with Crippen LogP contribution in [0.4, 0.5) is 0 Å². The zero-order valence-corrected chi connectivity index (χ0v) is 18.2. The fraction of sp³-hybridized carbons (Fsp3) is 0.458. The van der Waals surface area contributed by atoms with E-state index in [4.69, 9.17) is 23.2 Å². The number of rotatable bonds is 5. The highest BCUT2D eigenvalue weighted by molar-refractivity contribution is 6.42. The van der Waals surface area contributed by atoms with E-state index in [0.717, 1.165) is 44.6 Å². The van der Waals surface area contributed by atoms with Gasteiger partial charge >= 0.3 is 0 Å². The molecule has 154 valence electrons. The first-order valence-electron chi connectivity index (χ1n) is 10.6. The molecule has 2 aliphatic rings. The molecule has 0 spiro atoms. The second-order valence-electron chi connectivity index (χ2n) is 8.31. The van der Waals surface area contributed by atoms with E-state index in [9.17, 15) is 4.79 Å². The van der Waals surface area contributed by atoms with E-state index in [1.807, 2.05) is 12.1 Å². The lowest BCUT2D eigenvalue weighted by molar-refractivity contribution is -0.134. The van der Waals surface area contributed by atoms with Crippen molar-refractivity contribution in [2.45, 2.75) is 44.1 Å². The smallest absolute Gasteiger partial charge is 0.227 e. The molecule has 2 saturated heterocycles. The van der Waals surface area contributed by atoms with E-state index in [0.29, 0.717) is 22.4 Å². The molecule has 0 aromatic heterocycles. The molecule has 0 saturated carbocycles. The van der Waals surface area contributed by atoms with Gasteiger partial charge in [0.2, 0.25) is 5.91 Å². The number of carbonyl (C=O) groups is 1. The quantitative estimate of drug-likeness (QED) is 0.632. The number of piperidine rings is 1. The summed E-state index contributed by atoms with van der Waals surface area (Å²) in [7, 11) is 0. The lowest BCUT2D eigenvalue weighted by Crippen LogP contribution is -2.51. The molecule has 3 nitrogen and oxygen atoms in total. The molecule has 2 aromatic carbocycles. The van der Waals surface area contributed by atoms with Crippen LogP contribution < -0.4 is 0 Å². The minimum atomic E-state index is 0.194. The molecule has 2 heterocycles. The number of halogens is 2. The minimum absolute atomic E-state index is 0.194. The summed E-state index contributed by atoms with van der Waals surface area (Å²) in [6.45, 7) is 4.11. The maximum absolute atomic E-state index is 13.2. The summed E-state index contributed by atoms with van der Waals surface area (Å²) in [6, 6.07) is 16.5. The van der Waals surface area contributed by atoms with Gasteiger partial charge in [0, 0.05) is 19.1 Å². The van der Waals surface area contributed by atoms with Gasteiger partial charge in [-0.15, -0.1) is 0 Å². The molecule has 1 amide bonds. The molecule has 0 unspecified atom stereocenters. The molecule has 29 heavy (non-hydrogen) atoms. The molecule has 2 aliphatic heterocycles. The van der Waals surface area contributed by atoms with Crippen LogP contribution in [-0.4, -0.2) is 47.9 Å². The third-order valence-electron chi connectivity index (χ3n) is 6.31. The third-order valence-corrected chi connectivity index (χ3v) is 7.05. The Bertz CT molecular complexity index is 836. The molecular weight excluding hydrogens is 403 g/mol. The van der Waals surface area contributed by atoms with Crippen molar-refractivity contribution in [3.05, 3.63) is 69.7 Å². The van der Waals surface area contributed by atoms with Crippen LogP contribution in [0.1, 0.15) is 42.7 Å². The van der Waals surface area contributed by atoms with Gasteiger partial charge in [-0.05, 0) is 68.0 Å². The molecule has 0 radical (unpaired) electrons. The summed E-state index contributed by atoms with van der Waals surface area (Å²) < 4.78 is 0. The summed E-state index contributed by atoms with van der Waals surface area (Å²) >= 11 is 12.2. The Morgan fingerprint density at radius 1 is 0.966 bits per heavy atom. The van der Waals surface area contributed by atoms with E-state index in [1.54, 1.807) is 6.07 Å². The molecule has 2 atom stereocenters. The Morgan fingerprint density at radius 2 is 1.72 bits per heavy atom. The molecule has 0 bridgehead atoms. The summed E-state index contributed by atoms with van der Waals surface area (Å²) in [4.78, 5) is 17.9. The van der Waals surface area contributed by atoms with Crippen molar-refractivity contribution in [1.29, 1.82) is 0 Å². The Morgan fingerprint density at radius 3 is 2.45 bits per heavy atom. The Labute approximate surface area is 183 Å². The molecule has 2 aromatic rings. The summed E-state index contributed by atoms with van der Waals surface area (Å²) in [5.41, 5.74) is 2.32. The van der Waals surface area contributed by atoms with E-state index >= 15 is 0 Å². The van der Waals surface area contributed by atoms with Crippen LogP contribution >= 0.6 is 23.2 Å². The number of nitrogens with zero attached hydrogens (tertiary/aromatic N) is 2. The van der Waals surface area contributed by atoms with Crippen LogP contribution in [0.25, 0.3) is 0 Å². The highest BCUT2D eigenvalue weighted by Crippen LogP contribution is 2.33. The Kier molecular flexibility index (Phi) is 6.79. The van der Waals surface area contributed by atoms with Gasteiger partial charge in [-0.2, -0.15) is 0 Å². The lowest BCUT2D eigenvalue weighted by Gasteiger charge is -2.41. The molecular formula is C24H28Cl2N2O. The zero-order chi connectivity index (χ0) is 20.2. The van der Waals surface area contributed by atoms with Gasteiger partial charge in [0.05, 0.1) is 16.5 Å². The predicted molar refractivity (Wildman–Crippen MR) is 120 cm³/mol. The number of benzene rings is 2. The SMILES string of the molecule is O=C(Cc1ccc(Cl)c(Cl)c1)N1CC[C@H](c2ccccc2)C[C@@H]1CN1CCCC1. The van der Waals surface area contributed by atoms with Gasteiger partial charge in [-0.1, -0.05) is 59.6 Å². The molecule has 2 fully saturated rings. The Hall–Kier alpha value is -1.55. The maximum atomic E-state index is 13.2. The third kappa shape index (κ3) is 5.14. The van der Waals surface area contributed by atoms with E-state index < -0.39 is 0 Å². The summed E-state index contributed by atoms with van der Waals surface area (Å²) in [5, 5.41) is 1.03. The normalized spacial score (nSPS) is 22.8. The van der Waals surface area contributed by atoms with Crippen LogP contribution in [0.3, 0.4) is 0 Å². The Balaban J connectivity index is 1.48. The van der Waals surface area contributed by atoms with Crippen molar-refractivity contribution in [2.24, 2.45) is 0 Å². The molecule has 0 N–H and O–H groups in total. The number of hydrogen-bond acceptors (Lipinski definition) is 2. The van der Waals surface area contributed by atoms with E-state index in [2.05, 4.69) is 40.1 Å². The van der Waals surface area contributed by atoms with Crippen LogP contribution in [-0.2, 0) is 11.2 Å². The lowest BCUT2D eigenvalue weighted by atomic mass is 9.85. The van der Waals surface area contributed by atoms with Crippen molar-refractivity contribution < 1.29 is 4.79 Å². The average Bonchev–Trinajstić information content (AvgIpc) is 3.24. The first kappa shape index (κ1) is 20.7. The van der Waals surface area contributed by atoms with Crippen molar-refractivity contribution >= 4 is 29.1 Å². The van der Waals surface area contributed by atoms with Gasteiger partial charge in [0.25, 0.3) is 0 Å². The molecule has 0 aliphatic carbocycles. The number of hydrogen-bond donors (Lipinski definition) is 0. The zero-order valence-electron chi connectivity index (χ0n) is 16.7. The van der Waals surface area contributed by atoms with Crippen LogP contribution in [0.15, 0.2) is 48.5 Å². The summed E-state index contributed by atoms with van der Waals surface area (Å²) in [6.07, 6.45) is 4.97. The van der Waals surface area contributed by atoms with Crippen molar-refractivity contribution in [3.63, 3.8) is 0 Å². The second kappa shape index (κ2) is 9.51. The maximum Gasteiger partial charge on any atom is 0.227 e. The summed E-state index contributed by atoms with van der Waals surface area (Å²) in [5.74, 6) is 0.719. The minimum Gasteiger partial charge on any atom is -0.338 e. The fourth-order valence-corrected chi connectivity index (χ4v) is 5.09. The largest absolute Gasteiger partial charge is 0.338 e. The monoisotopic (exact) mass is 430 g/mol. The van der Waals surface area contributed by atoms with Crippen LogP contribution in [0.5, 0.6) is 0 Å². The van der Waals surface area contributed by atoms with Crippen LogP contribution in [0.2, 0.25) is 10.0 Å². The topological polar surface area (TPSA) is 23.6 Å². The van der Waals surface area contributed by atoms with Gasteiger partial charge in [0.1, 0.15) is 0 Å². The van der Waals surface area contributed by atoms with Crippen molar-refractivity contribution in [1.82, 2.24) is 9.80 Å². The standard InChI is InChI=1S/C24H28Cl2N2O/c25-22-9-8-18(14-23(22)26)15-24(29)28-13-10-20(19-6-2-1-3-7-19)16-21(28)17-27-11-4-5-12-27/h1-3,6-9,14,20-21H,4-5,10-13,15-17H2/t20-,21+/m0/s1. The van der Waals surface area contributed by atoms with E-state index in [-0.39, 0.29) is 11.9 Å². The number of amides is 1. The molecule has 5 heteroatoms. The van der Waals surface area contributed by atoms with E-state index in [1.165, 1.54) is 18.4 Å². The van der Waals surface area contributed by atoms with Gasteiger partial charge < -0.3 is 9.80 Å². The van der Waals surface area contributed by atoms with Gasteiger partial charge in [-0.25, -0.2) is 0 Å². The second-order valence-corrected chi connectivity index (χ2v) is 9.12. The highest BCUT2D eigenvalue weighted by Gasteiger charge is 2.33. The molecule has 4 rings (SSSR count). The highest BCUT2D eigenvalue weighted by atomic mass is 35.5. The average molecular weight is 431 g/mol. The van der Waals surface area contributed by atoms with Crippen molar-refractivity contribution in [2.75, 3.05) is 26.2 Å². The first-order valence-corrected chi connectivity index (χ1v) is 11.4. The van der Waals surface area contributed by atoms with Crippen LogP contribution in [0, 0.1) is 0 Å². The predicted octanol–water partition coefficient (Wildman–Crippen LogP) is 5.41. The fourth-order valence-electron chi connectivity index (χ4n) is 4.77. The number of likely N-dealkylation sites (tertiary alicyclic amines) is 2. The first-order chi connectivity index (χ1) is 14.1. The van der Waals surface area contributed by atoms with Crippen molar-refractivity contribution in [3.8, 4) is 0 Å².